The van der Waals surface area contributed by atoms with E-state index in [0.717, 1.165) is 24.3 Å². The Morgan fingerprint density at radius 3 is 1.08 bits per heavy atom. The highest BCUT2D eigenvalue weighted by atomic mass is 19.4. The molecule has 0 saturated carbocycles. The summed E-state index contributed by atoms with van der Waals surface area (Å²) in [6.45, 7) is 0. The lowest BCUT2D eigenvalue weighted by Crippen LogP contribution is -2.57. The van der Waals surface area contributed by atoms with Crippen LogP contribution in [0.25, 0.3) is 0 Å². The highest BCUT2D eigenvalue weighted by Gasteiger charge is 2.38. The van der Waals surface area contributed by atoms with Crippen LogP contribution in [0, 0.1) is 0 Å². The van der Waals surface area contributed by atoms with Crippen LogP contribution in [0.3, 0.4) is 0 Å². The van der Waals surface area contributed by atoms with Gasteiger partial charge in [0.25, 0.3) is 0 Å². The number of rotatable bonds is 2. The van der Waals surface area contributed by atoms with Gasteiger partial charge in [-0.2, -0.15) is 26.3 Å². The second-order valence-electron chi connectivity index (χ2n) is 5.36. The maximum atomic E-state index is 12.4. The van der Waals surface area contributed by atoms with Crippen LogP contribution in [0.1, 0.15) is 0 Å². The predicted octanol–water partition coefficient (Wildman–Crippen LogP) is 2.06. The number of hydrogen-bond acceptors (Lipinski definition) is 4. The van der Waals surface area contributed by atoms with Gasteiger partial charge in [-0.15, -0.1) is 0 Å². The van der Waals surface area contributed by atoms with E-state index in [2.05, 4.69) is 0 Å². The normalized spacial score (nSPS) is 30.3. The summed E-state index contributed by atoms with van der Waals surface area (Å²) in [5.41, 5.74) is 8.23. The first-order valence-electron chi connectivity index (χ1n) is 6.60. The van der Waals surface area contributed by atoms with Crippen LogP contribution in [-0.4, -0.2) is 23.9 Å². The molecule has 0 saturated heterocycles. The third kappa shape index (κ3) is 5.06. The van der Waals surface area contributed by atoms with Gasteiger partial charge in [0, 0.05) is 0 Å². The number of hydrogen-bond donors (Lipinski definition) is 4. The van der Waals surface area contributed by atoms with Crippen LogP contribution >= 0.6 is 0 Å². The number of allylic oxidation sites excluding steroid dienone is 6. The highest BCUT2D eigenvalue weighted by molar-refractivity contribution is 5.53. The van der Waals surface area contributed by atoms with E-state index in [1.165, 1.54) is 34.9 Å². The van der Waals surface area contributed by atoms with Gasteiger partial charge in [-0.1, -0.05) is 24.3 Å². The van der Waals surface area contributed by atoms with E-state index in [4.69, 9.17) is 11.5 Å². The van der Waals surface area contributed by atoms with Crippen LogP contribution in [0.5, 0.6) is 0 Å². The Morgan fingerprint density at radius 1 is 0.625 bits per heavy atom. The molecule has 24 heavy (non-hydrogen) atoms. The van der Waals surface area contributed by atoms with Gasteiger partial charge in [-0.05, 0) is 35.5 Å². The molecule has 6 N–H and O–H groups in total. The van der Waals surface area contributed by atoms with E-state index in [-0.39, 0.29) is 0 Å². The third-order valence-corrected chi connectivity index (χ3v) is 3.20. The molecule has 0 amide bonds. The van der Waals surface area contributed by atoms with Crippen LogP contribution in [0.15, 0.2) is 59.8 Å². The largest absolute Gasteiger partial charge is 0.459 e. The Hall–Kier alpha value is -1.88. The molecule has 0 aliphatic heterocycles. The molecule has 10 heteroatoms. The minimum atomic E-state index is -4.67. The summed E-state index contributed by atoms with van der Waals surface area (Å²) in [7, 11) is 0. The summed E-state index contributed by atoms with van der Waals surface area (Å²) >= 11 is 0. The summed E-state index contributed by atoms with van der Waals surface area (Å²) in [6, 6.07) is 0. The van der Waals surface area contributed by atoms with Gasteiger partial charge in [-0.25, -0.2) is 10.6 Å². The Kier molecular flexibility index (Phi) is 4.53. The SMILES string of the molecule is NC1(NC(F)(F)F)C=CC(=C2C=CC(N)(NC(F)(F)F)C=C2)C=C1. The third-order valence-electron chi connectivity index (χ3n) is 3.20. The molecular weight excluding hydrogens is 338 g/mol. The monoisotopic (exact) mass is 352 g/mol. The zero-order chi connectivity index (χ0) is 18.2. The molecule has 4 nitrogen and oxygen atoms in total. The van der Waals surface area contributed by atoms with E-state index in [0.29, 0.717) is 11.1 Å². The Balaban J connectivity index is 2.15. The average Bonchev–Trinajstić information content (AvgIpc) is 2.36. The minimum absolute atomic E-state index is 0.474. The maximum Gasteiger partial charge on any atom is 0.459 e. The molecule has 0 spiro atoms. The molecule has 0 unspecified atom stereocenters. The summed E-state index contributed by atoms with van der Waals surface area (Å²) < 4.78 is 74.1. The molecule has 0 aromatic carbocycles. The van der Waals surface area contributed by atoms with Crippen molar-refractivity contribution in [3.8, 4) is 0 Å². The van der Waals surface area contributed by atoms with E-state index in [1.54, 1.807) is 0 Å². The number of alkyl halides is 6. The van der Waals surface area contributed by atoms with E-state index in [1.807, 2.05) is 0 Å². The molecule has 0 aromatic heterocycles. The number of nitrogens with two attached hydrogens (primary N) is 2. The standard InChI is InChI=1S/C14H14F6N4/c15-13(16,17)23-11(21)5-1-9(2-6-11)10-3-7-12(22,8-4-10)24-14(18,19)20/h1-8,23-24H,21-22H2. The molecule has 0 bridgehead atoms. The van der Waals surface area contributed by atoms with Crippen molar-refractivity contribution in [3.05, 3.63) is 59.8 Å². The Bertz CT molecular complexity index is 563. The zero-order valence-electron chi connectivity index (χ0n) is 12.0. The smallest absolute Gasteiger partial charge is 0.306 e. The van der Waals surface area contributed by atoms with Crippen molar-refractivity contribution in [2.45, 2.75) is 23.9 Å². The van der Waals surface area contributed by atoms with Crippen LogP contribution < -0.4 is 22.1 Å². The zero-order valence-corrected chi connectivity index (χ0v) is 12.0. The fourth-order valence-corrected chi connectivity index (χ4v) is 2.18. The molecule has 0 fully saturated rings. The van der Waals surface area contributed by atoms with Gasteiger partial charge in [0.05, 0.1) is 0 Å². The quantitative estimate of drug-likeness (QED) is 0.349. The van der Waals surface area contributed by atoms with Crippen molar-refractivity contribution >= 4 is 0 Å². The summed E-state index contributed by atoms with van der Waals surface area (Å²) in [5.74, 6) is 0. The van der Waals surface area contributed by atoms with Crippen molar-refractivity contribution in [1.29, 1.82) is 0 Å². The van der Waals surface area contributed by atoms with Crippen molar-refractivity contribution in [3.63, 3.8) is 0 Å². The lowest BCUT2D eigenvalue weighted by molar-refractivity contribution is -0.168. The average molecular weight is 352 g/mol. The fraction of sp³-hybridized carbons (Fsp3) is 0.286. The van der Waals surface area contributed by atoms with Crippen molar-refractivity contribution in [2.24, 2.45) is 11.5 Å². The second-order valence-corrected chi connectivity index (χ2v) is 5.36. The molecule has 0 aromatic rings. The van der Waals surface area contributed by atoms with Crippen LogP contribution in [0.2, 0.25) is 0 Å². The molecule has 0 atom stereocenters. The fourth-order valence-electron chi connectivity index (χ4n) is 2.18. The van der Waals surface area contributed by atoms with Crippen LogP contribution in [0.4, 0.5) is 26.3 Å². The number of halogens is 6. The topological polar surface area (TPSA) is 76.1 Å². The maximum absolute atomic E-state index is 12.4. The van der Waals surface area contributed by atoms with Gasteiger partial charge < -0.3 is 11.5 Å². The first-order valence-corrected chi connectivity index (χ1v) is 6.60. The summed E-state index contributed by atoms with van der Waals surface area (Å²) in [4.78, 5) is 0. The second kappa shape index (κ2) is 5.88. The van der Waals surface area contributed by atoms with Gasteiger partial charge >= 0.3 is 12.6 Å². The summed E-state index contributed by atoms with van der Waals surface area (Å²) in [6.07, 6.45) is 0.416. The first-order chi connectivity index (χ1) is 10.8. The molecule has 2 rings (SSSR count). The van der Waals surface area contributed by atoms with Gasteiger partial charge in [0.2, 0.25) is 0 Å². The Morgan fingerprint density at radius 2 is 0.875 bits per heavy atom. The van der Waals surface area contributed by atoms with Gasteiger partial charge in [-0.3, -0.25) is 0 Å². The van der Waals surface area contributed by atoms with Crippen LogP contribution in [-0.2, 0) is 0 Å². The highest BCUT2D eigenvalue weighted by Crippen LogP contribution is 2.26. The lowest BCUT2D eigenvalue weighted by atomic mass is 9.93. The molecular formula is C14H14F6N4. The van der Waals surface area contributed by atoms with E-state index < -0.39 is 23.9 Å². The minimum Gasteiger partial charge on any atom is -0.306 e. The van der Waals surface area contributed by atoms with Crippen molar-refractivity contribution < 1.29 is 26.3 Å². The molecule has 132 valence electrons. The van der Waals surface area contributed by atoms with Crippen molar-refractivity contribution in [1.82, 2.24) is 10.6 Å². The molecule has 0 heterocycles. The number of nitrogens with one attached hydrogen (secondary N) is 2. The van der Waals surface area contributed by atoms with E-state index >= 15 is 0 Å². The predicted molar refractivity (Wildman–Crippen MR) is 75.8 cm³/mol. The first kappa shape index (κ1) is 18.5. The summed E-state index contributed by atoms with van der Waals surface area (Å²) in [5, 5.41) is 2.57. The lowest BCUT2D eigenvalue weighted by Gasteiger charge is -2.29. The Labute approximate surface area is 133 Å². The molecule has 2 aliphatic rings. The van der Waals surface area contributed by atoms with E-state index in [9.17, 15) is 26.3 Å². The van der Waals surface area contributed by atoms with Gasteiger partial charge in [0.1, 0.15) is 11.3 Å². The molecule has 2 aliphatic carbocycles. The van der Waals surface area contributed by atoms with Crippen molar-refractivity contribution in [2.75, 3.05) is 0 Å². The van der Waals surface area contributed by atoms with Gasteiger partial charge in [0.15, 0.2) is 0 Å². The molecule has 0 radical (unpaired) electrons.